The van der Waals surface area contributed by atoms with Crippen LogP contribution in [-0.2, 0) is 4.79 Å². The number of carbonyl (C=O) groups excluding carboxylic acids is 1. The molecule has 5 nitrogen and oxygen atoms in total. The third kappa shape index (κ3) is 5.76. The van der Waals surface area contributed by atoms with Gasteiger partial charge in [-0.25, -0.2) is 0 Å². The summed E-state index contributed by atoms with van der Waals surface area (Å²) in [7, 11) is 0. The number of benzene rings is 1. The summed E-state index contributed by atoms with van der Waals surface area (Å²) < 4.78 is 5.94. The van der Waals surface area contributed by atoms with Crippen LogP contribution in [0.4, 0.5) is 5.69 Å². The molecular weight excluding hydrogens is 374 g/mol. The number of likely N-dealkylation sites (tertiary alicyclic amines) is 2. The zero-order chi connectivity index (χ0) is 20.8. The summed E-state index contributed by atoms with van der Waals surface area (Å²) in [6.07, 6.45) is 9.61. The van der Waals surface area contributed by atoms with Crippen LogP contribution in [0.15, 0.2) is 24.3 Å². The van der Waals surface area contributed by atoms with Crippen LogP contribution in [0.5, 0.6) is 5.75 Å². The van der Waals surface area contributed by atoms with Crippen molar-refractivity contribution in [1.29, 1.82) is 0 Å². The van der Waals surface area contributed by atoms with Gasteiger partial charge < -0.3 is 19.4 Å². The van der Waals surface area contributed by atoms with Crippen molar-refractivity contribution in [2.45, 2.75) is 64.3 Å². The highest BCUT2D eigenvalue weighted by Gasteiger charge is 2.30. The first kappa shape index (κ1) is 21.6. The number of amides is 1. The second-order valence-corrected chi connectivity index (χ2v) is 9.49. The van der Waals surface area contributed by atoms with E-state index < -0.39 is 0 Å². The lowest BCUT2D eigenvalue weighted by molar-refractivity contribution is -0.117. The van der Waals surface area contributed by atoms with Gasteiger partial charge in [0, 0.05) is 31.2 Å². The van der Waals surface area contributed by atoms with Crippen molar-refractivity contribution in [2.75, 3.05) is 50.8 Å². The van der Waals surface area contributed by atoms with Gasteiger partial charge in [0.25, 0.3) is 0 Å². The molecule has 1 aromatic rings. The number of hydrogen-bond acceptors (Lipinski definition) is 4. The smallest absolute Gasteiger partial charge is 0.227 e. The molecule has 3 aliphatic rings. The third-order valence-corrected chi connectivity index (χ3v) is 7.20. The van der Waals surface area contributed by atoms with Crippen LogP contribution in [0, 0.1) is 5.92 Å². The fourth-order valence-corrected chi connectivity index (χ4v) is 5.28. The number of carbonyl (C=O) groups is 1. The van der Waals surface area contributed by atoms with Crippen LogP contribution in [0.1, 0.15) is 58.3 Å². The van der Waals surface area contributed by atoms with Crippen molar-refractivity contribution < 1.29 is 9.53 Å². The number of piperidine rings is 1. The highest BCUT2D eigenvalue weighted by molar-refractivity contribution is 5.95. The van der Waals surface area contributed by atoms with Crippen molar-refractivity contribution >= 4 is 11.6 Å². The zero-order valence-electron chi connectivity index (χ0n) is 18.7. The lowest BCUT2D eigenvalue weighted by atomic mass is 10.0. The van der Waals surface area contributed by atoms with Crippen molar-refractivity contribution in [2.24, 2.45) is 5.92 Å². The molecular formula is C25H39N3O2. The van der Waals surface area contributed by atoms with Gasteiger partial charge in [-0.3, -0.25) is 4.79 Å². The molecule has 3 fully saturated rings. The van der Waals surface area contributed by atoms with E-state index in [0.29, 0.717) is 12.3 Å². The maximum atomic E-state index is 12.6. The molecule has 0 bridgehead atoms. The van der Waals surface area contributed by atoms with Gasteiger partial charge in [0.2, 0.25) is 5.91 Å². The SMILES string of the molecule is CC1CCCN1CCCOc1ccc(N2CC(CCN3CCCCC3)CC2=O)cc1. The van der Waals surface area contributed by atoms with Crippen molar-refractivity contribution in [1.82, 2.24) is 9.80 Å². The van der Waals surface area contributed by atoms with Crippen molar-refractivity contribution in [3.8, 4) is 5.75 Å². The van der Waals surface area contributed by atoms with Crippen molar-refractivity contribution in [3.05, 3.63) is 24.3 Å². The maximum absolute atomic E-state index is 12.6. The monoisotopic (exact) mass is 413 g/mol. The molecule has 3 saturated heterocycles. The maximum Gasteiger partial charge on any atom is 0.227 e. The van der Waals surface area contributed by atoms with E-state index in [1.165, 1.54) is 51.7 Å². The predicted octanol–water partition coefficient (Wildman–Crippen LogP) is 4.17. The van der Waals surface area contributed by atoms with E-state index >= 15 is 0 Å². The Hall–Kier alpha value is -1.59. The molecule has 0 N–H and O–H groups in total. The quantitative estimate of drug-likeness (QED) is 0.570. The topological polar surface area (TPSA) is 36.0 Å². The Labute approximate surface area is 182 Å². The third-order valence-electron chi connectivity index (χ3n) is 7.20. The minimum absolute atomic E-state index is 0.270. The Kier molecular flexibility index (Phi) is 7.67. The first-order chi connectivity index (χ1) is 14.7. The Bertz CT molecular complexity index is 671. The lowest BCUT2D eigenvalue weighted by Gasteiger charge is -2.27. The van der Waals surface area contributed by atoms with Gasteiger partial charge in [0.1, 0.15) is 5.75 Å². The summed E-state index contributed by atoms with van der Waals surface area (Å²) >= 11 is 0. The highest BCUT2D eigenvalue weighted by Crippen LogP contribution is 2.29. The van der Waals surface area contributed by atoms with E-state index in [0.717, 1.165) is 56.6 Å². The summed E-state index contributed by atoms with van der Waals surface area (Å²) in [5.41, 5.74) is 1.01. The molecule has 0 aliphatic carbocycles. The molecule has 3 heterocycles. The summed E-state index contributed by atoms with van der Waals surface area (Å²) in [5, 5.41) is 0. The Morgan fingerprint density at radius 1 is 1.00 bits per heavy atom. The molecule has 1 aromatic carbocycles. The minimum Gasteiger partial charge on any atom is -0.494 e. The average molecular weight is 414 g/mol. The second-order valence-electron chi connectivity index (χ2n) is 9.49. The number of hydrogen-bond donors (Lipinski definition) is 0. The molecule has 0 aromatic heterocycles. The molecule has 1 amide bonds. The number of rotatable bonds is 9. The average Bonchev–Trinajstić information content (AvgIpc) is 3.36. The predicted molar refractivity (Wildman–Crippen MR) is 122 cm³/mol. The Morgan fingerprint density at radius 2 is 1.80 bits per heavy atom. The molecule has 2 unspecified atom stereocenters. The molecule has 166 valence electrons. The van der Waals surface area contributed by atoms with Crippen LogP contribution in [0.3, 0.4) is 0 Å². The molecule has 30 heavy (non-hydrogen) atoms. The van der Waals surface area contributed by atoms with Gasteiger partial charge in [-0.1, -0.05) is 6.42 Å². The molecule has 0 radical (unpaired) electrons. The van der Waals surface area contributed by atoms with E-state index in [-0.39, 0.29) is 5.91 Å². The first-order valence-electron chi connectivity index (χ1n) is 12.2. The molecule has 3 aliphatic heterocycles. The van der Waals surface area contributed by atoms with Gasteiger partial charge in [-0.05, 0) is 102 Å². The van der Waals surface area contributed by atoms with Gasteiger partial charge in [0.05, 0.1) is 6.61 Å². The summed E-state index contributed by atoms with van der Waals surface area (Å²) in [4.78, 5) is 19.7. The normalized spacial score (nSPS) is 25.9. The fraction of sp³-hybridized carbons (Fsp3) is 0.720. The Morgan fingerprint density at radius 3 is 2.53 bits per heavy atom. The van der Waals surface area contributed by atoms with Gasteiger partial charge in [0.15, 0.2) is 0 Å². The highest BCUT2D eigenvalue weighted by atomic mass is 16.5. The molecule has 0 spiro atoms. The molecule has 2 atom stereocenters. The van der Waals surface area contributed by atoms with Gasteiger partial charge in [-0.2, -0.15) is 0 Å². The van der Waals surface area contributed by atoms with E-state index in [1.54, 1.807) is 0 Å². The van der Waals surface area contributed by atoms with E-state index in [4.69, 9.17) is 4.74 Å². The van der Waals surface area contributed by atoms with Crippen molar-refractivity contribution in [3.63, 3.8) is 0 Å². The molecule has 0 saturated carbocycles. The lowest BCUT2D eigenvalue weighted by Crippen LogP contribution is -2.32. The largest absolute Gasteiger partial charge is 0.494 e. The minimum atomic E-state index is 0.270. The van der Waals surface area contributed by atoms with Gasteiger partial charge in [-0.15, -0.1) is 0 Å². The van der Waals surface area contributed by atoms with Crippen LogP contribution < -0.4 is 9.64 Å². The number of anilines is 1. The van der Waals surface area contributed by atoms with Crippen LogP contribution in [0.2, 0.25) is 0 Å². The van der Waals surface area contributed by atoms with E-state index in [1.807, 2.05) is 29.2 Å². The summed E-state index contributed by atoms with van der Waals surface area (Å²) in [6, 6.07) is 8.85. The summed E-state index contributed by atoms with van der Waals surface area (Å²) in [6.45, 7) is 9.93. The van der Waals surface area contributed by atoms with Gasteiger partial charge >= 0.3 is 0 Å². The number of nitrogens with zero attached hydrogens (tertiary/aromatic N) is 3. The van der Waals surface area contributed by atoms with Crippen LogP contribution in [-0.4, -0.2) is 67.6 Å². The van der Waals surface area contributed by atoms with Crippen LogP contribution in [0.25, 0.3) is 0 Å². The fourth-order valence-electron chi connectivity index (χ4n) is 5.28. The molecule has 5 heteroatoms. The zero-order valence-corrected chi connectivity index (χ0v) is 18.7. The summed E-state index contributed by atoms with van der Waals surface area (Å²) in [5.74, 6) is 1.66. The van der Waals surface area contributed by atoms with Crippen LogP contribution >= 0.6 is 0 Å². The van der Waals surface area contributed by atoms with E-state index in [9.17, 15) is 4.79 Å². The first-order valence-corrected chi connectivity index (χ1v) is 12.2. The standard InChI is InChI=1S/C25H39N3O2/c1-21-7-5-15-27(21)16-6-18-30-24-10-8-23(9-11-24)28-20-22(19-25(28)29)12-17-26-13-3-2-4-14-26/h8-11,21-22H,2-7,12-20H2,1H3. The van der Waals surface area contributed by atoms with E-state index in [2.05, 4.69) is 16.7 Å². The Balaban J connectivity index is 1.19. The number of ether oxygens (including phenoxy) is 1. The molecule has 4 rings (SSSR count). The second kappa shape index (κ2) is 10.6.